The molecule has 3 N–H and O–H groups in total. The van der Waals surface area contributed by atoms with Gasteiger partial charge in [0.05, 0.1) is 10.6 Å². The smallest absolute Gasteiger partial charge is 0.326 e. The van der Waals surface area contributed by atoms with Gasteiger partial charge in [-0.05, 0) is 23.3 Å². The normalized spacial score (nSPS) is 16.1. The molecular weight excluding hydrogens is 364 g/mol. The molecule has 0 aromatic heterocycles. The number of amides is 2. The first kappa shape index (κ1) is 19.3. The molecule has 1 heterocycles. The fraction of sp³-hybridized carbons (Fsp3) is 0.316. The van der Waals surface area contributed by atoms with Crippen LogP contribution in [0.4, 0.5) is 4.79 Å². The molecule has 0 spiro atoms. The Morgan fingerprint density at radius 1 is 0.926 bits per heavy atom. The van der Waals surface area contributed by atoms with Gasteiger partial charge < -0.3 is 5.73 Å². The fourth-order valence-electron chi connectivity index (χ4n) is 3.18. The summed E-state index contributed by atoms with van der Waals surface area (Å²) in [4.78, 5) is 13.5. The summed E-state index contributed by atoms with van der Waals surface area (Å²) in [5, 5.41) is 1.80. The quantitative estimate of drug-likeness (QED) is 0.779. The lowest BCUT2D eigenvalue weighted by molar-refractivity contribution is 0.0958. The summed E-state index contributed by atoms with van der Waals surface area (Å²) in [6.45, 7) is 3.55. The average molecular weight is 388 g/mol. The number of carbonyl (C=O) groups excluding carboxylic acids is 1. The van der Waals surface area contributed by atoms with Gasteiger partial charge in [-0.3, -0.25) is 10.3 Å². The maximum atomic E-state index is 12.7. The lowest BCUT2D eigenvalue weighted by atomic mass is 10.1. The van der Waals surface area contributed by atoms with E-state index in [1.165, 1.54) is 0 Å². The lowest BCUT2D eigenvalue weighted by Crippen LogP contribution is -2.54. The standard InChI is InChI=1S/C19H24N4O3S/c20-19(24)21-23-12-10-22(11-13-23)14-16-6-4-5-7-17(16)15-27(25,26)18-8-2-1-3-9-18/h1-9H,10-15H2,(H3,20,21,24). The van der Waals surface area contributed by atoms with E-state index in [1.807, 2.05) is 24.3 Å². The van der Waals surface area contributed by atoms with Gasteiger partial charge in [0, 0.05) is 32.7 Å². The van der Waals surface area contributed by atoms with Gasteiger partial charge in [-0.2, -0.15) is 0 Å². The van der Waals surface area contributed by atoms with E-state index in [-0.39, 0.29) is 5.75 Å². The van der Waals surface area contributed by atoms with Gasteiger partial charge in [-0.1, -0.05) is 42.5 Å². The molecule has 0 aliphatic carbocycles. The number of piperazine rings is 1. The molecular formula is C19H24N4O3S. The van der Waals surface area contributed by atoms with Crippen LogP contribution in [0.1, 0.15) is 11.1 Å². The van der Waals surface area contributed by atoms with Crippen molar-refractivity contribution >= 4 is 15.9 Å². The van der Waals surface area contributed by atoms with Crippen LogP contribution in [0.5, 0.6) is 0 Å². The van der Waals surface area contributed by atoms with E-state index in [4.69, 9.17) is 5.73 Å². The zero-order valence-electron chi connectivity index (χ0n) is 15.0. The number of hydrogen-bond donors (Lipinski definition) is 2. The maximum Gasteiger partial charge on any atom is 0.326 e. The molecule has 0 saturated carbocycles. The van der Waals surface area contributed by atoms with Crippen LogP contribution in [0.25, 0.3) is 0 Å². The van der Waals surface area contributed by atoms with Crippen LogP contribution in [0.3, 0.4) is 0 Å². The SMILES string of the molecule is NC(=O)NN1CCN(Cc2ccccc2CS(=O)(=O)c2ccccc2)CC1. The van der Waals surface area contributed by atoms with E-state index in [1.54, 1.807) is 35.3 Å². The van der Waals surface area contributed by atoms with Crippen molar-refractivity contribution in [2.24, 2.45) is 5.73 Å². The summed E-state index contributed by atoms with van der Waals surface area (Å²) < 4.78 is 25.4. The van der Waals surface area contributed by atoms with Gasteiger partial charge in [0.15, 0.2) is 9.84 Å². The number of hydrazine groups is 1. The Bertz CT molecular complexity index is 879. The van der Waals surface area contributed by atoms with Gasteiger partial charge in [-0.15, -0.1) is 0 Å². The van der Waals surface area contributed by atoms with Crippen LogP contribution in [0.2, 0.25) is 0 Å². The van der Waals surface area contributed by atoms with Crippen molar-refractivity contribution in [3.05, 3.63) is 65.7 Å². The highest BCUT2D eigenvalue weighted by atomic mass is 32.2. The number of urea groups is 1. The number of benzene rings is 2. The molecule has 8 heteroatoms. The highest BCUT2D eigenvalue weighted by molar-refractivity contribution is 7.90. The second-order valence-electron chi connectivity index (χ2n) is 6.58. The Hall–Kier alpha value is -2.42. The summed E-state index contributed by atoms with van der Waals surface area (Å²) in [5.74, 6) is -0.0175. The van der Waals surface area contributed by atoms with Crippen LogP contribution in [-0.4, -0.2) is 50.5 Å². The first-order chi connectivity index (χ1) is 12.9. The second kappa shape index (κ2) is 8.51. The molecule has 0 bridgehead atoms. The monoisotopic (exact) mass is 388 g/mol. The molecule has 2 aromatic rings. The molecule has 0 atom stereocenters. The lowest BCUT2D eigenvalue weighted by Gasteiger charge is -2.34. The molecule has 7 nitrogen and oxygen atoms in total. The van der Waals surface area contributed by atoms with Crippen LogP contribution in [-0.2, 0) is 22.1 Å². The number of nitrogens with zero attached hydrogens (tertiary/aromatic N) is 2. The van der Waals surface area contributed by atoms with Crippen LogP contribution >= 0.6 is 0 Å². The summed E-state index contributed by atoms with van der Waals surface area (Å²) in [7, 11) is -3.39. The molecule has 2 aromatic carbocycles. The summed E-state index contributed by atoms with van der Waals surface area (Å²) >= 11 is 0. The summed E-state index contributed by atoms with van der Waals surface area (Å²) in [6.07, 6.45) is 0. The van der Waals surface area contributed by atoms with Crippen molar-refractivity contribution < 1.29 is 13.2 Å². The Kier molecular flexibility index (Phi) is 6.10. The van der Waals surface area contributed by atoms with Gasteiger partial charge >= 0.3 is 6.03 Å². The average Bonchev–Trinajstić information content (AvgIpc) is 2.65. The molecule has 3 rings (SSSR count). The van der Waals surface area contributed by atoms with Gasteiger partial charge in [0.1, 0.15) is 0 Å². The van der Waals surface area contributed by atoms with E-state index < -0.39 is 15.9 Å². The number of nitrogens with two attached hydrogens (primary N) is 1. The number of rotatable bonds is 6. The number of sulfone groups is 1. The molecule has 1 aliphatic rings. The van der Waals surface area contributed by atoms with E-state index in [9.17, 15) is 13.2 Å². The van der Waals surface area contributed by atoms with Crippen molar-refractivity contribution in [2.75, 3.05) is 26.2 Å². The molecule has 27 heavy (non-hydrogen) atoms. The van der Waals surface area contributed by atoms with Crippen LogP contribution in [0.15, 0.2) is 59.5 Å². The molecule has 144 valence electrons. The maximum absolute atomic E-state index is 12.7. The fourth-order valence-corrected chi connectivity index (χ4v) is 4.61. The third-order valence-corrected chi connectivity index (χ3v) is 6.28. The van der Waals surface area contributed by atoms with Crippen molar-refractivity contribution in [2.45, 2.75) is 17.2 Å². The van der Waals surface area contributed by atoms with Crippen molar-refractivity contribution in [3.8, 4) is 0 Å². The molecule has 2 amide bonds. The minimum atomic E-state index is -3.39. The van der Waals surface area contributed by atoms with Crippen molar-refractivity contribution in [1.82, 2.24) is 15.3 Å². The van der Waals surface area contributed by atoms with Gasteiger partial charge in [0.2, 0.25) is 0 Å². The summed E-state index contributed by atoms with van der Waals surface area (Å²) in [6, 6.07) is 15.6. The summed E-state index contributed by atoms with van der Waals surface area (Å²) in [5.41, 5.74) is 9.57. The Morgan fingerprint density at radius 2 is 1.52 bits per heavy atom. The molecule has 0 unspecified atom stereocenters. The highest BCUT2D eigenvalue weighted by Crippen LogP contribution is 2.20. The van der Waals surface area contributed by atoms with E-state index >= 15 is 0 Å². The number of nitrogens with one attached hydrogen (secondary N) is 1. The minimum absolute atomic E-state index is 0.0175. The topological polar surface area (TPSA) is 95.7 Å². The van der Waals surface area contributed by atoms with E-state index in [2.05, 4.69) is 10.3 Å². The molecule has 0 radical (unpaired) electrons. The number of hydrogen-bond acceptors (Lipinski definition) is 5. The Balaban J connectivity index is 1.67. The first-order valence-electron chi connectivity index (χ1n) is 8.82. The third kappa shape index (κ3) is 5.29. The highest BCUT2D eigenvalue weighted by Gasteiger charge is 2.21. The van der Waals surface area contributed by atoms with Crippen molar-refractivity contribution in [1.29, 1.82) is 0 Å². The predicted molar refractivity (Wildman–Crippen MR) is 103 cm³/mol. The third-order valence-electron chi connectivity index (χ3n) is 4.60. The first-order valence-corrected chi connectivity index (χ1v) is 10.5. The number of carbonyl (C=O) groups is 1. The zero-order valence-corrected chi connectivity index (χ0v) is 15.9. The Morgan fingerprint density at radius 3 is 2.15 bits per heavy atom. The van der Waals surface area contributed by atoms with Crippen molar-refractivity contribution in [3.63, 3.8) is 0 Å². The largest absolute Gasteiger partial charge is 0.351 e. The van der Waals surface area contributed by atoms with E-state index in [0.717, 1.165) is 24.2 Å². The van der Waals surface area contributed by atoms with Gasteiger partial charge in [0.25, 0.3) is 0 Å². The molecule has 1 saturated heterocycles. The number of primary amides is 1. The van der Waals surface area contributed by atoms with Crippen LogP contribution < -0.4 is 11.2 Å². The Labute approximate surface area is 159 Å². The second-order valence-corrected chi connectivity index (χ2v) is 8.57. The predicted octanol–water partition coefficient (Wildman–Crippen LogP) is 1.36. The molecule has 1 aliphatic heterocycles. The molecule has 1 fully saturated rings. The van der Waals surface area contributed by atoms with Crippen LogP contribution in [0, 0.1) is 0 Å². The van der Waals surface area contributed by atoms with E-state index in [0.29, 0.717) is 24.5 Å². The zero-order chi connectivity index (χ0) is 19.3. The minimum Gasteiger partial charge on any atom is -0.351 e. The van der Waals surface area contributed by atoms with Gasteiger partial charge in [-0.25, -0.2) is 18.2 Å².